The maximum absolute atomic E-state index is 14.5. The number of guanidine groups is 1. The van der Waals surface area contributed by atoms with Gasteiger partial charge in [-0.3, -0.25) is 4.72 Å². The molecular formula is C20H17ClFN3OS. The lowest BCUT2D eigenvalue weighted by Gasteiger charge is -2.23. The van der Waals surface area contributed by atoms with Crippen LogP contribution in [-0.2, 0) is 0 Å². The number of hydrogen-bond donors (Lipinski definition) is 2. The van der Waals surface area contributed by atoms with E-state index in [0.717, 1.165) is 10.5 Å². The molecule has 0 saturated heterocycles. The topological polar surface area (TPSA) is 45.7 Å². The third-order valence-corrected chi connectivity index (χ3v) is 4.80. The summed E-state index contributed by atoms with van der Waals surface area (Å²) in [6, 6.07) is 9.94. The quantitative estimate of drug-likeness (QED) is 0.464. The molecule has 0 aromatic heterocycles. The minimum atomic E-state index is -0.499. The molecule has 0 unspecified atom stereocenters. The van der Waals surface area contributed by atoms with Crippen LogP contribution in [0.25, 0.3) is 0 Å². The fourth-order valence-corrected chi connectivity index (χ4v) is 3.18. The van der Waals surface area contributed by atoms with Crippen molar-refractivity contribution in [2.45, 2.75) is 4.90 Å². The van der Waals surface area contributed by atoms with Gasteiger partial charge >= 0.3 is 0 Å². The van der Waals surface area contributed by atoms with Gasteiger partial charge in [0.25, 0.3) is 0 Å². The van der Waals surface area contributed by atoms with E-state index in [1.807, 2.05) is 6.08 Å². The molecule has 1 aliphatic rings. The first-order valence-corrected chi connectivity index (χ1v) is 9.25. The molecule has 0 fully saturated rings. The van der Waals surface area contributed by atoms with Crippen molar-refractivity contribution in [1.82, 2.24) is 4.72 Å². The van der Waals surface area contributed by atoms with E-state index in [1.165, 1.54) is 18.0 Å². The minimum absolute atomic E-state index is 0.0628. The first-order chi connectivity index (χ1) is 13.1. The van der Waals surface area contributed by atoms with Gasteiger partial charge in [-0.15, -0.1) is 0 Å². The lowest BCUT2D eigenvalue weighted by atomic mass is 10.2. The van der Waals surface area contributed by atoms with Gasteiger partial charge in [-0.25, -0.2) is 9.38 Å². The highest BCUT2D eigenvalue weighted by Crippen LogP contribution is 2.42. The van der Waals surface area contributed by atoms with E-state index in [0.29, 0.717) is 29.0 Å². The van der Waals surface area contributed by atoms with E-state index < -0.39 is 5.82 Å². The van der Waals surface area contributed by atoms with Gasteiger partial charge in [-0.2, -0.15) is 0 Å². The summed E-state index contributed by atoms with van der Waals surface area (Å²) in [4.78, 5) is 5.23. The molecule has 138 valence electrons. The molecular weight excluding hydrogens is 385 g/mol. The normalized spacial score (nSPS) is 14.7. The Morgan fingerprint density at radius 3 is 2.81 bits per heavy atom. The Kier molecular flexibility index (Phi) is 6.21. The van der Waals surface area contributed by atoms with E-state index >= 15 is 0 Å². The summed E-state index contributed by atoms with van der Waals surface area (Å²) in [5.74, 6) is 0.423. The molecule has 0 aliphatic carbocycles. The molecule has 3 rings (SSSR count). The van der Waals surface area contributed by atoms with Gasteiger partial charge in [0.1, 0.15) is 11.4 Å². The summed E-state index contributed by atoms with van der Waals surface area (Å²) in [5, 5.41) is 3.49. The smallest absolute Gasteiger partial charge is 0.206 e. The van der Waals surface area contributed by atoms with Crippen LogP contribution in [0.2, 0.25) is 5.02 Å². The Balaban J connectivity index is 1.90. The van der Waals surface area contributed by atoms with Crippen molar-refractivity contribution in [3.8, 4) is 11.5 Å². The fraction of sp³-hybridized carbons (Fsp3) is 0.0500. The average molecular weight is 402 g/mol. The highest BCUT2D eigenvalue weighted by atomic mass is 35.5. The molecule has 2 aromatic rings. The molecule has 2 aromatic carbocycles. The van der Waals surface area contributed by atoms with E-state index in [-0.39, 0.29) is 5.75 Å². The number of aliphatic imine (C=N–C) groups is 1. The lowest BCUT2D eigenvalue weighted by molar-refractivity contribution is 0.443. The predicted molar refractivity (Wildman–Crippen MR) is 111 cm³/mol. The van der Waals surface area contributed by atoms with Crippen LogP contribution in [0.3, 0.4) is 0 Å². The second-order valence-corrected chi connectivity index (χ2v) is 6.71. The van der Waals surface area contributed by atoms with E-state index in [2.05, 4.69) is 28.2 Å². The second kappa shape index (κ2) is 8.79. The van der Waals surface area contributed by atoms with Crippen LogP contribution in [-0.4, -0.2) is 12.5 Å². The maximum atomic E-state index is 14.5. The molecule has 1 aliphatic heterocycles. The minimum Gasteiger partial charge on any atom is -0.450 e. The Labute approximate surface area is 166 Å². The van der Waals surface area contributed by atoms with Gasteiger partial charge in [-0.05, 0) is 41.8 Å². The first kappa shape index (κ1) is 19.1. The van der Waals surface area contributed by atoms with Gasteiger partial charge in [-0.1, -0.05) is 55.1 Å². The Hall–Kier alpha value is -2.70. The van der Waals surface area contributed by atoms with Crippen molar-refractivity contribution in [3.05, 3.63) is 84.2 Å². The van der Waals surface area contributed by atoms with Crippen LogP contribution in [0, 0.1) is 5.82 Å². The molecule has 2 N–H and O–H groups in total. The van der Waals surface area contributed by atoms with Crippen molar-refractivity contribution in [2.75, 3.05) is 11.9 Å². The number of fused-ring (bicyclic) bond motifs is 1. The van der Waals surface area contributed by atoms with Gasteiger partial charge in [0.15, 0.2) is 11.6 Å². The maximum Gasteiger partial charge on any atom is 0.206 e. The van der Waals surface area contributed by atoms with Gasteiger partial charge < -0.3 is 10.1 Å². The largest absolute Gasteiger partial charge is 0.450 e. The molecule has 1 heterocycles. The Morgan fingerprint density at radius 2 is 2.07 bits per heavy atom. The average Bonchev–Trinajstić information content (AvgIpc) is 2.68. The predicted octanol–water partition coefficient (Wildman–Crippen LogP) is 5.95. The van der Waals surface area contributed by atoms with E-state index in [1.54, 1.807) is 42.5 Å². The number of nitrogens with one attached hydrogen (secondary N) is 2. The number of rotatable bonds is 6. The van der Waals surface area contributed by atoms with Crippen molar-refractivity contribution < 1.29 is 9.13 Å². The molecule has 0 bridgehead atoms. The number of ether oxygens (including phenoxy) is 1. The number of nitrogens with zero attached hydrogens (tertiary/aromatic N) is 1. The summed E-state index contributed by atoms with van der Waals surface area (Å²) in [5.41, 5.74) is 1.40. The highest BCUT2D eigenvalue weighted by molar-refractivity contribution is 7.98. The Bertz CT molecular complexity index is 943. The summed E-state index contributed by atoms with van der Waals surface area (Å²) in [6.07, 6.45) is 5.21. The third kappa shape index (κ3) is 4.53. The summed E-state index contributed by atoms with van der Waals surface area (Å²) in [6.45, 7) is 7.81. The van der Waals surface area contributed by atoms with Gasteiger partial charge in [0, 0.05) is 0 Å². The Morgan fingerprint density at radius 1 is 1.26 bits per heavy atom. The SMILES string of the molecule is C=C/C=C(\C=C)CN=C1NSc2ccc(F)c(Oc3ccccc3Cl)c2N1. The zero-order chi connectivity index (χ0) is 19.2. The number of hydrogen-bond acceptors (Lipinski definition) is 3. The zero-order valence-corrected chi connectivity index (χ0v) is 15.9. The van der Waals surface area contributed by atoms with Crippen LogP contribution in [0.15, 0.2) is 83.2 Å². The molecule has 0 atom stereocenters. The summed E-state index contributed by atoms with van der Waals surface area (Å²) >= 11 is 7.45. The van der Waals surface area contributed by atoms with Crippen molar-refractivity contribution >= 4 is 35.2 Å². The fourth-order valence-electron chi connectivity index (χ4n) is 2.31. The second-order valence-electron chi connectivity index (χ2n) is 5.46. The number of allylic oxidation sites excluding steroid dienone is 2. The number of anilines is 1. The monoisotopic (exact) mass is 401 g/mol. The lowest BCUT2D eigenvalue weighted by Crippen LogP contribution is -2.30. The first-order valence-electron chi connectivity index (χ1n) is 8.05. The van der Waals surface area contributed by atoms with Crippen molar-refractivity contribution in [3.63, 3.8) is 0 Å². The summed E-state index contributed by atoms with van der Waals surface area (Å²) < 4.78 is 23.3. The number of benzene rings is 2. The van der Waals surface area contributed by atoms with Gasteiger partial charge in [0.2, 0.25) is 5.96 Å². The molecule has 0 amide bonds. The molecule has 0 spiro atoms. The van der Waals surface area contributed by atoms with Crippen molar-refractivity contribution in [1.29, 1.82) is 0 Å². The number of halogens is 2. The molecule has 4 nitrogen and oxygen atoms in total. The highest BCUT2D eigenvalue weighted by Gasteiger charge is 2.22. The molecule has 27 heavy (non-hydrogen) atoms. The number of para-hydroxylation sites is 1. The van der Waals surface area contributed by atoms with E-state index in [4.69, 9.17) is 16.3 Å². The zero-order valence-electron chi connectivity index (χ0n) is 14.3. The van der Waals surface area contributed by atoms with Crippen LogP contribution in [0.4, 0.5) is 10.1 Å². The van der Waals surface area contributed by atoms with Crippen LogP contribution >= 0.6 is 23.5 Å². The van der Waals surface area contributed by atoms with Crippen LogP contribution < -0.4 is 14.8 Å². The standard InChI is InChI=1S/C20H17ClFN3OS/c1-3-7-13(4-2)12-23-20-24-18-17(27-25-20)11-10-15(22)19(18)26-16-9-6-5-8-14(16)21/h3-11H,1-2,12H2,(H2,23,24,25)/b13-7+. The van der Waals surface area contributed by atoms with Crippen molar-refractivity contribution in [2.24, 2.45) is 4.99 Å². The third-order valence-electron chi connectivity index (χ3n) is 3.64. The molecule has 0 saturated carbocycles. The van der Waals surface area contributed by atoms with E-state index in [9.17, 15) is 4.39 Å². The molecule has 0 radical (unpaired) electrons. The van der Waals surface area contributed by atoms with Crippen LogP contribution in [0.5, 0.6) is 11.5 Å². The molecule has 7 heteroatoms. The summed E-state index contributed by atoms with van der Waals surface area (Å²) in [7, 11) is 0. The van der Waals surface area contributed by atoms with Gasteiger partial charge in [0.05, 0.1) is 16.5 Å². The van der Waals surface area contributed by atoms with Crippen LogP contribution in [0.1, 0.15) is 0 Å².